The molecule has 304 valence electrons. The van der Waals surface area contributed by atoms with Gasteiger partial charge in [0.25, 0.3) is 0 Å². The van der Waals surface area contributed by atoms with Gasteiger partial charge in [0.2, 0.25) is 0 Å². The van der Waals surface area contributed by atoms with Crippen LogP contribution in [0.3, 0.4) is 0 Å². The number of anilines is 3. The Hall–Kier alpha value is -6.90. The molecule has 3 atom stereocenters. The van der Waals surface area contributed by atoms with E-state index in [9.17, 15) is 0 Å². The van der Waals surface area contributed by atoms with E-state index in [-0.39, 0.29) is 5.41 Å². The van der Waals surface area contributed by atoms with E-state index >= 15 is 0 Å². The number of rotatable bonds is 7. The number of allylic oxidation sites excluding steroid dienone is 4. The first-order valence-electron chi connectivity index (χ1n) is 23.2. The maximum absolute atomic E-state index is 6.81. The summed E-state index contributed by atoms with van der Waals surface area (Å²) in [6.45, 7) is 0. The van der Waals surface area contributed by atoms with Gasteiger partial charge in [-0.05, 0) is 137 Å². The predicted molar refractivity (Wildman–Crippen MR) is 262 cm³/mol. The number of hydrogen-bond donors (Lipinski definition) is 0. The zero-order valence-electron chi connectivity index (χ0n) is 35.6. The van der Waals surface area contributed by atoms with Crippen LogP contribution >= 0.6 is 0 Å². The molecule has 2 heteroatoms. The van der Waals surface area contributed by atoms with Crippen LogP contribution in [0.4, 0.5) is 17.1 Å². The van der Waals surface area contributed by atoms with Crippen molar-refractivity contribution in [2.24, 2.45) is 11.8 Å². The Balaban J connectivity index is 1.04. The van der Waals surface area contributed by atoms with Crippen LogP contribution in [0.2, 0.25) is 0 Å². The number of furan rings is 1. The van der Waals surface area contributed by atoms with Crippen LogP contribution in [0.15, 0.2) is 186 Å². The molecule has 63 heavy (non-hydrogen) atoms. The van der Waals surface area contributed by atoms with Gasteiger partial charge in [-0.2, -0.15) is 0 Å². The van der Waals surface area contributed by atoms with Gasteiger partial charge in [0.1, 0.15) is 11.0 Å². The average molecular weight is 812 g/mol. The monoisotopic (exact) mass is 811 g/mol. The van der Waals surface area contributed by atoms with Crippen LogP contribution in [0.25, 0.3) is 56.0 Å². The highest BCUT2D eigenvalue weighted by molar-refractivity contribution is 6.11. The minimum atomic E-state index is 0.124. The van der Waals surface area contributed by atoms with Crippen molar-refractivity contribution in [1.82, 2.24) is 0 Å². The molecule has 5 aliphatic rings. The standard InChI is InChI=1S/C61H49NO/c1-2-17-41(18-3-1)44-19-4-5-20-45(44)46-21-6-7-22-47(46)49-24-9-13-30-57(49)62(58-31-14-10-25-50(58)52-27-16-28-53-51-26-11-15-32-59(51)63-60(52)53)43-35-36-56-54(38-43)48-23-8-12-29-55(48)61(56)39-40-33-34-42(61)37-40/h1-5,8-15,17-26,28-32,35-36,38,40,42H,6-7,16,27,33-34,37,39H2. The first-order chi connectivity index (χ1) is 31.2. The van der Waals surface area contributed by atoms with Crippen molar-refractivity contribution in [2.45, 2.75) is 56.8 Å². The first-order valence-corrected chi connectivity index (χ1v) is 23.2. The molecule has 3 unspecified atom stereocenters. The Labute approximate surface area is 369 Å². The summed E-state index contributed by atoms with van der Waals surface area (Å²) in [7, 11) is 0. The third-order valence-electron chi connectivity index (χ3n) is 15.3. The smallest absolute Gasteiger partial charge is 0.138 e. The van der Waals surface area contributed by atoms with Crippen molar-refractivity contribution in [2.75, 3.05) is 4.90 Å². The molecule has 13 rings (SSSR count). The van der Waals surface area contributed by atoms with Crippen LogP contribution in [0.5, 0.6) is 0 Å². The highest BCUT2D eigenvalue weighted by Gasteiger charge is 2.56. The molecule has 5 aliphatic carbocycles. The number of hydrogen-bond acceptors (Lipinski definition) is 2. The molecule has 2 nitrogen and oxygen atoms in total. The van der Waals surface area contributed by atoms with Crippen LogP contribution in [0, 0.1) is 11.8 Å². The van der Waals surface area contributed by atoms with Crippen LogP contribution < -0.4 is 15.5 Å². The van der Waals surface area contributed by atoms with Gasteiger partial charge in [-0.25, -0.2) is 0 Å². The molecule has 1 spiro atoms. The van der Waals surface area contributed by atoms with E-state index < -0.39 is 0 Å². The molecule has 0 radical (unpaired) electrons. The van der Waals surface area contributed by atoms with Crippen LogP contribution in [0.1, 0.15) is 79.2 Å². The minimum Gasteiger partial charge on any atom is -0.456 e. The summed E-state index contributed by atoms with van der Waals surface area (Å²) < 4.78 is 6.81. The molecule has 1 aromatic heterocycles. The van der Waals surface area contributed by atoms with E-state index in [2.05, 4.69) is 193 Å². The summed E-state index contributed by atoms with van der Waals surface area (Å²) >= 11 is 0. The lowest BCUT2D eigenvalue weighted by atomic mass is 9.67. The zero-order chi connectivity index (χ0) is 41.5. The summed E-state index contributed by atoms with van der Waals surface area (Å²) in [6.07, 6.45) is 16.6. The fourth-order valence-electron chi connectivity index (χ4n) is 12.7. The summed E-state index contributed by atoms with van der Waals surface area (Å²) in [5.74, 6) is 1.54. The van der Waals surface area contributed by atoms with Crippen molar-refractivity contribution in [1.29, 1.82) is 0 Å². The van der Waals surface area contributed by atoms with Gasteiger partial charge in [0, 0.05) is 38.4 Å². The number of nitrogens with zero attached hydrogens (tertiary/aromatic N) is 1. The van der Waals surface area contributed by atoms with Crippen molar-refractivity contribution in [3.05, 3.63) is 220 Å². The van der Waals surface area contributed by atoms with Crippen molar-refractivity contribution in [3.8, 4) is 22.3 Å². The quantitative estimate of drug-likeness (QED) is 0.159. The minimum absolute atomic E-state index is 0.124. The predicted octanol–water partition coefficient (Wildman–Crippen LogP) is 14.7. The molecule has 8 aromatic rings. The van der Waals surface area contributed by atoms with Crippen molar-refractivity contribution >= 4 is 50.8 Å². The van der Waals surface area contributed by atoms with E-state index in [1.807, 2.05) is 0 Å². The van der Waals surface area contributed by atoms with E-state index in [0.29, 0.717) is 5.92 Å². The fraction of sp³-hybridized carbons (Fsp3) is 0.180. The van der Waals surface area contributed by atoms with Gasteiger partial charge in [-0.15, -0.1) is 0 Å². The van der Waals surface area contributed by atoms with Gasteiger partial charge in [-0.1, -0.05) is 164 Å². The molecule has 0 N–H and O–H groups in total. The first kappa shape index (κ1) is 36.7. The van der Waals surface area contributed by atoms with Gasteiger partial charge in [0.05, 0.1) is 11.4 Å². The van der Waals surface area contributed by atoms with Gasteiger partial charge >= 0.3 is 0 Å². The molecular formula is C61H49NO. The third-order valence-corrected chi connectivity index (χ3v) is 15.3. The largest absolute Gasteiger partial charge is 0.456 e. The van der Waals surface area contributed by atoms with E-state index in [4.69, 9.17) is 4.42 Å². The highest BCUT2D eigenvalue weighted by Crippen LogP contribution is 2.66. The molecule has 2 bridgehead atoms. The normalized spacial score (nSPS) is 20.5. The van der Waals surface area contributed by atoms with Gasteiger partial charge in [-0.3, -0.25) is 0 Å². The second-order valence-electron chi connectivity index (χ2n) is 18.5. The Bertz CT molecular complexity index is 3330. The molecule has 0 aliphatic heterocycles. The van der Waals surface area contributed by atoms with Crippen molar-refractivity contribution < 1.29 is 4.42 Å². The highest BCUT2D eigenvalue weighted by atomic mass is 16.3. The summed E-state index contributed by atoms with van der Waals surface area (Å²) in [4.78, 5) is 2.59. The molecule has 1 heterocycles. The molecular weight excluding hydrogens is 763 g/mol. The van der Waals surface area contributed by atoms with Crippen molar-refractivity contribution in [3.63, 3.8) is 0 Å². The lowest BCUT2D eigenvalue weighted by molar-refractivity contribution is 0.327. The Morgan fingerprint density at radius 1 is 0.508 bits per heavy atom. The van der Waals surface area contributed by atoms with E-state index in [0.717, 1.165) is 42.6 Å². The summed E-state index contributed by atoms with van der Waals surface area (Å²) in [6, 6.07) is 63.5. The summed E-state index contributed by atoms with van der Waals surface area (Å²) in [5, 5.41) is 2.41. The number of fused-ring (bicyclic) bond motifs is 11. The Morgan fingerprint density at radius 3 is 1.95 bits per heavy atom. The Kier molecular flexibility index (Phi) is 8.51. The molecule has 2 fully saturated rings. The maximum atomic E-state index is 6.81. The molecule has 0 amide bonds. The van der Waals surface area contributed by atoms with E-state index in [1.165, 1.54) is 109 Å². The van der Waals surface area contributed by atoms with Gasteiger partial charge in [0.15, 0.2) is 0 Å². The SMILES string of the molecule is C1=C(c2ccccc2-c2ccccc2)C(c2ccccc2N(c2ccc3c(c2)-c2ccccc2C32CC3CCC2C3)c2ccccc2C2=c3oc4ccccc4c3=CCC2)=CCC1. The average Bonchev–Trinajstić information content (AvgIpc) is 4.14. The van der Waals surface area contributed by atoms with Crippen LogP contribution in [-0.4, -0.2) is 0 Å². The fourth-order valence-corrected chi connectivity index (χ4v) is 12.7. The van der Waals surface area contributed by atoms with Crippen LogP contribution in [-0.2, 0) is 5.41 Å². The zero-order valence-corrected chi connectivity index (χ0v) is 35.6. The van der Waals surface area contributed by atoms with E-state index in [1.54, 1.807) is 11.1 Å². The lowest BCUT2D eigenvalue weighted by Gasteiger charge is -2.37. The van der Waals surface area contributed by atoms with Gasteiger partial charge < -0.3 is 9.32 Å². The Morgan fingerprint density at radius 2 is 1.16 bits per heavy atom. The third kappa shape index (κ3) is 5.63. The summed E-state index contributed by atoms with van der Waals surface area (Å²) in [5.41, 5.74) is 21.6. The number of benzene rings is 7. The molecule has 2 saturated carbocycles. The topological polar surface area (TPSA) is 16.4 Å². The molecule has 0 saturated heterocycles. The second-order valence-corrected chi connectivity index (χ2v) is 18.5. The second kappa shape index (κ2) is 14.6. The number of para-hydroxylation sites is 3. The lowest BCUT2D eigenvalue weighted by Crippen LogP contribution is -2.31. The maximum Gasteiger partial charge on any atom is 0.138 e. The molecule has 7 aromatic carbocycles.